The number of furan rings is 1. The average molecular weight is 376 g/mol. The molecule has 1 saturated heterocycles. The van der Waals surface area contributed by atoms with Crippen molar-refractivity contribution in [3.63, 3.8) is 0 Å². The molecule has 140 valence electrons. The number of carbonyl (C=O) groups is 2. The molecule has 1 fully saturated rings. The third-order valence-electron chi connectivity index (χ3n) is 4.43. The smallest absolute Gasteiger partial charge is 0.329 e. The summed E-state index contributed by atoms with van der Waals surface area (Å²) in [6.07, 6.45) is 1.49. The van der Waals surface area contributed by atoms with Crippen LogP contribution in [0.1, 0.15) is 16.9 Å². The molecule has 0 spiro atoms. The van der Waals surface area contributed by atoms with Crippen LogP contribution in [0, 0.1) is 12.7 Å². The van der Waals surface area contributed by atoms with Gasteiger partial charge in [-0.1, -0.05) is 29.8 Å². The van der Waals surface area contributed by atoms with E-state index in [1.165, 1.54) is 18.2 Å². The highest BCUT2D eigenvalue weighted by molar-refractivity contribution is 6.13. The first-order chi connectivity index (χ1) is 13.5. The Morgan fingerprint density at radius 1 is 1.07 bits per heavy atom. The topological polar surface area (TPSA) is 62.6 Å². The van der Waals surface area contributed by atoms with Crippen LogP contribution in [-0.2, 0) is 11.3 Å². The standard InChI is InChI=1S/C22H17FN2O3/c1-14-3-2-4-15(11-14)13-25-21(26)19(24-22(25)27)12-18-9-10-20(28-18)16-5-7-17(23)8-6-16/h2-12H,13H2,1H3,(H,24,27)/b19-12+. The molecule has 0 radical (unpaired) electrons. The minimum absolute atomic E-state index is 0.151. The van der Waals surface area contributed by atoms with Crippen LogP contribution in [0.3, 0.4) is 0 Å². The Bertz CT molecular complexity index is 1080. The number of urea groups is 1. The Morgan fingerprint density at radius 3 is 2.61 bits per heavy atom. The van der Waals surface area contributed by atoms with Gasteiger partial charge in [-0.15, -0.1) is 0 Å². The molecule has 0 unspecified atom stereocenters. The number of nitrogens with zero attached hydrogens (tertiary/aromatic N) is 1. The van der Waals surface area contributed by atoms with Crippen molar-refractivity contribution >= 4 is 18.0 Å². The van der Waals surface area contributed by atoms with Crippen LogP contribution in [-0.4, -0.2) is 16.8 Å². The summed E-state index contributed by atoms with van der Waals surface area (Å²) in [5.41, 5.74) is 2.80. The van der Waals surface area contributed by atoms with Gasteiger partial charge in [0.05, 0.1) is 6.54 Å². The predicted molar refractivity (Wildman–Crippen MR) is 102 cm³/mol. The average Bonchev–Trinajstić information content (AvgIpc) is 3.23. The number of imide groups is 1. The number of nitrogens with one attached hydrogen (secondary N) is 1. The van der Waals surface area contributed by atoms with Gasteiger partial charge in [-0.05, 0) is 48.9 Å². The molecule has 0 saturated carbocycles. The van der Waals surface area contributed by atoms with E-state index in [1.807, 2.05) is 31.2 Å². The molecule has 0 bridgehead atoms. The van der Waals surface area contributed by atoms with Crippen LogP contribution in [0.25, 0.3) is 17.4 Å². The van der Waals surface area contributed by atoms with Crippen LogP contribution in [0.5, 0.6) is 0 Å². The van der Waals surface area contributed by atoms with Crippen LogP contribution >= 0.6 is 0 Å². The summed E-state index contributed by atoms with van der Waals surface area (Å²) in [6.45, 7) is 2.15. The van der Waals surface area contributed by atoms with E-state index in [-0.39, 0.29) is 18.1 Å². The summed E-state index contributed by atoms with van der Waals surface area (Å²) in [6, 6.07) is 16.5. The number of amides is 3. The van der Waals surface area contributed by atoms with Crippen molar-refractivity contribution in [1.82, 2.24) is 10.2 Å². The molecule has 6 heteroatoms. The molecule has 0 atom stereocenters. The van der Waals surface area contributed by atoms with Gasteiger partial charge in [-0.25, -0.2) is 9.18 Å². The van der Waals surface area contributed by atoms with E-state index in [2.05, 4.69) is 5.32 Å². The number of carbonyl (C=O) groups excluding carboxylic acids is 2. The van der Waals surface area contributed by atoms with Gasteiger partial charge in [0.1, 0.15) is 23.0 Å². The lowest BCUT2D eigenvalue weighted by atomic mass is 10.1. The summed E-state index contributed by atoms with van der Waals surface area (Å²) >= 11 is 0. The highest BCUT2D eigenvalue weighted by Crippen LogP contribution is 2.24. The fourth-order valence-electron chi connectivity index (χ4n) is 3.05. The molecule has 4 rings (SSSR count). The van der Waals surface area contributed by atoms with Crippen molar-refractivity contribution in [3.8, 4) is 11.3 Å². The summed E-state index contributed by atoms with van der Waals surface area (Å²) in [5.74, 6) is 0.220. The molecule has 1 aliphatic rings. The van der Waals surface area contributed by atoms with E-state index < -0.39 is 11.9 Å². The zero-order chi connectivity index (χ0) is 19.7. The number of hydrogen-bond acceptors (Lipinski definition) is 3. The lowest BCUT2D eigenvalue weighted by molar-refractivity contribution is -0.123. The van der Waals surface area contributed by atoms with Gasteiger partial charge in [0.2, 0.25) is 0 Å². The zero-order valence-corrected chi connectivity index (χ0v) is 15.1. The Morgan fingerprint density at radius 2 is 1.86 bits per heavy atom. The second-order valence-electron chi connectivity index (χ2n) is 6.58. The molecule has 3 aromatic rings. The monoisotopic (exact) mass is 376 g/mol. The van der Waals surface area contributed by atoms with Gasteiger partial charge < -0.3 is 9.73 Å². The molecule has 5 nitrogen and oxygen atoms in total. The second kappa shape index (κ2) is 7.15. The first kappa shape index (κ1) is 17.7. The lowest BCUT2D eigenvalue weighted by Crippen LogP contribution is -2.30. The van der Waals surface area contributed by atoms with Crippen molar-refractivity contribution in [1.29, 1.82) is 0 Å². The summed E-state index contributed by atoms with van der Waals surface area (Å²) in [7, 11) is 0. The summed E-state index contributed by atoms with van der Waals surface area (Å²) < 4.78 is 18.8. The number of hydrogen-bond donors (Lipinski definition) is 1. The van der Waals surface area contributed by atoms with Crippen LogP contribution in [0.15, 0.2) is 70.8 Å². The molecule has 1 aromatic heterocycles. The molecular weight excluding hydrogens is 359 g/mol. The zero-order valence-electron chi connectivity index (χ0n) is 15.1. The Balaban J connectivity index is 1.53. The summed E-state index contributed by atoms with van der Waals surface area (Å²) in [5, 5.41) is 2.58. The van der Waals surface area contributed by atoms with Crippen LogP contribution < -0.4 is 5.32 Å². The molecular formula is C22H17FN2O3. The minimum atomic E-state index is -0.469. The van der Waals surface area contributed by atoms with E-state index in [1.54, 1.807) is 24.3 Å². The van der Waals surface area contributed by atoms with E-state index in [0.717, 1.165) is 16.0 Å². The number of aryl methyl sites for hydroxylation is 1. The maximum Gasteiger partial charge on any atom is 0.329 e. The van der Waals surface area contributed by atoms with Crippen molar-refractivity contribution in [2.24, 2.45) is 0 Å². The fraction of sp³-hybridized carbons (Fsp3) is 0.0909. The van der Waals surface area contributed by atoms with Gasteiger partial charge in [-0.2, -0.15) is 0 Å². The minimum Gasteiger partial charge on any atom is -0.457 e. The summed E-state index contributed by atoms with van der Waals surface area (Å²) in [4.78, 5) is 26.0. The van der Waals surface area contributed by atoms with Crippen molar-refractivity contribution in [2.45, 2.75) is 13.5 Å². The predicted octanol–water partition coefficient (Wildman–Crippen LogP) is 4.49. The number of rotatable bonds is 4. The molecule has 2 aromatic carbocycles. The molecule has 1 N–H and O–H groups in total. The van der Waals surface area contributed by atoms with E-state index >= 15 is 0 Å². The molecule has 0 aliphatic carbocycles. The Kier molecular flexibility index (Phi) is 4.53. The Labute approximate surface area is 161 Å². The molecule has 3 amide bonds. The van der Waals surface area contributed by atoms with Gasteiger partial charge in [0, 0.05) is 11.6 Å². The van der Waals surface area contributed by atoms with Crippen molar-refractivity contribution in [2.75, 3.05) is 0 Å². The van der Waals surface area contributed by atoms with Gasteiger partial charge in [-0.3, -0.25) is 9.69 Å². The van der Waals surface area contributed by atoms with Crippen molar-refractivity contribution in [3.05, 3.63) is 89.1 Å². The molecule has 2 heterocycles. The number of benzene rings is 2. The first-order valence-electron chi connectivity index (χ1n) is 8.75. The third kappa shape index (κ3) is 3.57. The highest BCUT2D eigenvalue weighted by atomic mass is 19.1. The highest BCUT2D eigenvalue weighted by Gasteiger charge is 2.33. The largest absolute Gasteiger partial charge is 0.457 e. The first-order valence-corrected chi connectivity index (χ1v) is 8.75. The number of halogens is 1. The van der Waals surface area contributed by atoms with Gasteiger partial charge in [0.25, 0.3) is 5.91 Å². The van der Waals surface area contributed by atoms with Crippen LogP contribution in [0.2, 0.25) is 0 Å². The van der Waals surface area contributed by atoms with E-state index in [0.29, 0.717) is 17.1 Å². The molecule has 28 heavy (non-hydrogen) atoms. The van der Waals surface area contributed by atoms with Gasteiger partial charge in [0.15, 0.2) is 0 Å². The van der Waals surface area contributed by atoms with Gasteiger partial charge >= 0.3 is 6.03 Å². The van der Waals surface area contributed by atoms with Crippen molar-refractivity contribution < 1.29 is 18.4 Å². The normalized spacial score (nSPS) is 15.4. The van der Waals surface area contributed by atoms with E-state index in [9.17, 15) is 14.0 Å². The van der Waals surface area contributed by atoms with E-state index in [4.69, 9.17) is 4.42 Å². The lowest BCUT2D eigenvalue weighted by Gasteiger charge is -2.12. The molecule has 1 aliphatic heterocycles. The van der Waals surface area contributed by atoms with Crippen LogP contribution in [0.4, 0.5) is 9.18 Å². The fourth-order valence-corrected chi connectivity index (χ4v) is 3.05. The maximum atomic E-state index is 13.1. The maximum absolute atomic E-state index is 13.1. The Hall–Kier alpha value is -3.67. The quantitative estimate of drug-likeness (QED) is 0.539. The third-order valence-corrected chi connectivity index (χ3v) is 4.43. The second-order valence-corrected chi connectivity index (χ2v) is 6.58. The SMILES string of the molecule is Cc1cccc(CN2C(=O)N/C(=C/c3ccc(-c4ccc(F)cc4)o3)C2=O)c1.